The average Bonchev–Trinajstić information content (AvgIpc) is 2.81. The zero-order valence-electron chi connectivity index (χ0n) is 12.4. The fourth-order valence-corrected chi connectivity index (χ4v) is 3.12. The maximum absolute atomic E-state index is 12.0. The van der Waals surface area contributed by atoms with Gasteiger partial charge >= 0.3 is 0 Å². The summed E-state index contributed by atoms with van der Waals surface area (Å²) in [6.45, 7) is 5.32. The molecule has 0 bridgehead atoms. The van der Waals surface area contributed by atoms with Crippen LogP contribution in [0.5, 0.6) is 0 Å². The molecule has 1 fully saturated rings. The van der Waals surface area contributed by atoms with Gasteiger partial charge < -0.3 is 5.32 Å². The molecule has 1 atom stereocenters. The molecule has 1 saturated carbocycles. The number of carbonyl (C=O) groups excluding carboxylic acids is 1. The maximum Gasteiger partial charge on any atom is 0.243 e. The van der Waals surface area contributed by atoms with Crippen molar-refractivity contribution in [3.05, 3.63) is 48.3 Å². The zero-order valence-corrected chi connectivity index (χ0v) is 12.4. The minimum Gasteiger partial charge on any atom is -0.354 e. The van der Waals surface area contributed by atoms with Crippen LogP contribution in [0.3, 0.4) is 0 Å². The fourth-order valence-electron chi connectivity index (χ4n) is 3.12. The Kier molecular flexibility index (Phi) is 3.27. The molecule has 5 nitrogen and oxygen atoms in total. The molecule has 1 N–H and O–H groups in total. The second-order valence-electron chi connectivity index (χ2n) is 6.35. The summed E-state index contributed by atoms with van der Waals surface area (Å²) < 4.78 is 0. The lowest BCUT2D eigenvalue weighted by atomic mass is 9.88. The van der Waals surface area contributed by atoms with E-state index in [2.05, 4.69) is 53.6 Å². The molecule has 2 aromatic rings. The van der Waals surface area contributed by atoms with E-state index in [0.29, 0.717) is 6.54 Å². The van der Waals surface area contributed by atoms with Crippen molar-refractivity contribution >= 4 is 5.91 Å². The molecule has 0 spiro atoms. The highest BCUT2D eigenvalue weighted by molar-refractivity contribution is 5.75. The van der Waals surface area contributed by atoms with E-state index in [9.17, 15) is 4.79 Å². The van der Waals surface area contributed by atoms with E-state index in [1.165, 1.54) is 10.4 Å². The summed E-state index contributed by atoms with van der Waals surface area (Å²) >= 11 is 0. The Morgan fingerprint density at radius 1 is 1.24 bits per heavy atom. The summed E-state index contributed by atoms with van der Waals surface area (Å²) in [5, 5.41) is 10.9. The van der Waals surface area contributed by atoms with Gasteiger partial charge in [-0.1, -0.05) is 44.2 Å². The molecule has 1 aromatic heterocycles. The van der Waals surface area contributed by atoms with Gasteiger partial charge in [0.15, 0.2) is 0 Å². The first-order chi connectivity index (χ1) is 10.0. The smallest absolute Gasteiger partial charge is 0.243 e. The SMILES string of the molecule is CC1(C)C[C@]1(CNC(=O)Cn1nccn1)c1ccccc1. The Bertz CT molecular complexity index is 621. The van der Waals surface area contributed by atoms with Gasteiger partial charge in [-0.25, -0.2) is 0 Å². The second-order valence-corrected chi connectivity index (χ2v) is 6.35. The van der Waals surface area contributed by atoms with Crippen LogP contribution in [-0.4, -0.2) is 27.4 Å². The first-order valence-corrected chi connectivity index (χ1v) is 7.20. The maximum atomic E-state index is 12.0. The fraction of sp³-hybridized carbons (Fsp3) is 0.438. The summed E-state index contributed by atoms with van der Waals surface area (Å²) in [6, 6.07) is 10.4. The van der Waals surface area contributed by atoms with Crippen LogP contribution in [0.15, 0.2) is 42.7 Å². The summed E-state index contributed by atoms with van der Waals surface area (Å²) in [6.07, 6.45) is 4.23. The van der Waals surface area contributed by atoms with Crippen LogP contribution in [0.2, 0.25) is 0 Å². The van der Waals surface area contributed by atoms with Crippen molar-refractivity contribution in [2.75, 3.05) is 6.54 Å². The van der Waals surface area contributed by atoms with Crippen molar-refractivity contribution < 1.29 is 4.79 Å². The van der Waals surface area contributed by atoms with Crippen LogP contribution in [0, 0.1) is 5.41 Å². The number of carbonyl (C=O) groups is 1. The molecule has 1 heterocycles. The minimum atomic E-state index is -0.0517. The van der Waals surface area contributed by atoms with Gasteiger partial charge in [0.1, 0.15) is 6.54 Å². The van der Waals surface area contributed by atoms with Crippen molar-refractivity contribution in [2.24, 2.45) is 5.41 Å². The average molecular weight is 284 g/mol. The largest absolute Gasteiger partial charge is 0.354 e. The van der Waals surface area contributed by atoms with Gasteiger partial charge in [-0.3, -0.25) is 4.79 Å². The lowest BCUT2D eigenvalue weighted by molar-refractivity contribution is -0.122. The van der Waals surface area contributed by atoms with Gasteiger partial charge in [0.05, 0.1) is 12.4 Å². The van der Waals surface area contributed by atoms with Crippen molar-refractivity contribution in [1.82, 2.24) is 20.3 Å². The first kappa shape index (κ1) is 13.8. The topological polar surface area (TPSA) is 59.8 Å². The summed E-state index contributed by atoms with van der Waals surface area (Å²) in [5.41, 5.74) is 1.56. The molecule has 21 heavy (non-hydrogen) atoms. The van der Waals surface area contributed by atoms with Gasteiger partial charge in [0.2, 0.25) is 5.91 Å². The number of nitrogens with zero attached hydrogens (tertiary/aromatic N) is 3. The number of benzene rings is 1. The Hall–Kier alpha value is -2.17. The van der Waals surface area contributed by atoms with Crippen LogP contribution >= 0.6 is 0 Å². The first-order valence-electron chi connectivity index (χ1n) is 7.20. The van der Waals surface area contributed by atoms with E-state index in [0.717, 1.165) is 6.42 Å². The lowest BCUT2D eigenvalue weighted by Gasteiger charge is -2.21. The predicted octanol–water partition coefficient (Wildman–Crippen LogP) is 1.76. The van der Waals surface area contributed by atoms with Crippen LogP contribution < -0.4 is 5.32 Å². The Morgan fingerprint density at radius 3 is 2.43 bits per heavy atom. The summed E-state index contributed by atoms with van der Waals surface area (Å²) in [7, 11) is 0. The highest BCUT2D eigenvalue weighted by Crippen LogP contribution is 2.63. The van der Waals surface area contributed by atoms with E-state index < -0.39 is 0 Å². The molecule has 1 aliphatic carbocycles. The van der Waals surface area contributed by atoms with E-state index in [1.807, 2.05) is 6.07 Å². The Balaban J connectivity index is 1.66. The zero-order chi connectivity index (χ0) is 14.9. The standard InChI is InChI=1S/C16H20N4O/c1-15(2)11-16(15,13-6-4-3-5-7-13)12-17-14(21)10-20-18-8-9-19-20/h3-9H,10-12H2,1-2H3,(H,17,21)/t16-/m0/s1. The molecule has 0 unspecified atom stereocenters. The predicted molar refractivity (Wildman–Crippen MR) is 79.5 cm³/mol. The minimum absolute atomic E-state index is 0.0431. The molecular formula is C16H20N4O. The number of rotatable bonds is 5. The lowest BCUT2D eigenvalue weighted by Crippen LogP contribution is -2.36. The normalized spacial score (nSPS) is 22.8. The van der Waals surface area contributed by atoms with Gasteiger partial charge in [-0.05, 0) is 17.4 Å². The van der Waals surface area contributed by atoms with Crippen molar-refractivity contribution in [2.45, 2.75) is 32.2 Å². The quantitative estimate of drug-likeness (QED) is 0.910. The highest BCUT2D eigenvalue weighted by atomic mass is 16.2. The third kappa shape index (κ3) is 2.55. The van der Waals surface area contributed by atoms with Crippen LogP contribution in [0.4, 0.5) is 0 Å². The third-order valence-electron chi connectivity index (χ3n) is 4.58. The molecule has 110 valence electrons. The molecule has 1 aliphatic rings. The highest BCUT2D eigenvalue weighted by Gasteiger charge is 2.61. The molecule has 1 amide bonds. The molecule has 0 radical (unpaired) electrons. The number of nitrogens with one attached hydrogen (secondary N) is 1. The van der Waals surface area contributed by atoms with E-state index in [-0.39, 0.29) is 23.3 Å². The number of hydrogen-bond donors (Lipinski definition) is 1. The monoisotopic (exact) mass is 284 g/mol. The van der Waals surface area contributed by atoms with Crippen LogP contribution in [0.25, 0.3) is 0 Å². The Morgan fingerprint density at radius 2 is 1.86 bits per heavy atom. The van der Waals surface area contributed by atoms with Crippen molar-refractivity contribution in [3.63, 3.8) is 0 Å². The molecule has 5 heteroatoms. The van der Waals surface area contributed by atoms with E-state index in [1.54, 1.807) is 12.4 Å². The van der Waals surface area contributed by atoms with Crippen LogP contribution in [-0.2, 0) is 16.8 Å². The summed E-state index contributed by atoms with van der Waals surface area (Å²) in [5.74, 6) is -0.0517. The van der Waals surface area contributed by atoms with Gasteiger partial charge in [0, 0.05) is 12.0 Å². The summed E-state index contributed by atoms with van der Waals surface area (Å²) in [4.78, 5) is 13.4. The number of aromatic nitrogens is 3. The van der Waals surface area contributed by atoms with E-state index in [4.69, 9.17) is 0 Å². The molecule has 0 saturated heterocycles. The number of amides is 1. The number of hydrogen-bond acceptors (Lipinski definition) is 3. The second kappa shape index (κ2) is 4.98. The van der Waals surface area contributed by atoms with E-state index >= 15 is 0 Å². The Labute approximate surface area is 124 Å². The van der Waals surface area contributed by atoms with Gasteiger partial charge in [-0.2, -0.15) is 15.0 Å². The third-order valence-corrected chi connectivity index (χ3v) is 4.58. The van der Waals surface area contributed by atoms with Gasteiger partial charge in [-0.15, -0.1) is 0 Å². The van der Waals surface area contributed by atoms with Crippen molar-refractivity contribution in [3.8, 4) is 0 Å². The molecule has 1 aromatic carbocycles. The molecule has 3 rings (SSSR count). The molecule has 0 aliphatic heterocycles. The van der Waals surface area contributed by atoms with Crippen LogP contribution in [0.1, 0.15) is 25.8 Å². The van der Waals surface area contributed by atoms with Crippen molar-refractivity contribution in [1.29, 1.82) is 0 Å². The molecular weight excluding hydrogens is 264 g/mol. The van der Waals surface area contributed by atoms with Gasteiger partial charge in [0.25, 0.3) is 0 Å².